The minimum Gasteiger partial charge on any atom is -0.294 e. The van der Waals surface area contributed by atoms with Gasteiger partial charge in [0, 0.05) is 17.7 Å². The highest BCUT2D eigenvalue weighted by molar-refractivity contribution is 7.89. The van der Waals surface area contributed by atoms with Crippen LogP contribution in [0.15, 0.2) is 63.9 Å². The average Bonchev–Trinajstić information content (AvgIpc) is 2.48. The Balaban J connectivity index is 2.01. The number of rotatable bonds is 0. The summed E-state index contributed by atoms with van der Waals surface area (Å²) in [6.07, 6.45) is 4.68. The van der Waals surface area contributed by atoms with Crippen LogP contribution in [0.4, 0.5) is 0 Å². The Morgan fingerprint density at radius 1 is 1.05 bits per heavy atom. The first-order chi connectivity index (χ1) is 9.74. The molecule has 2 aromatic carbocycles. The molecule has 0 saturated heterocycles. The van der Waals surface area contributed by atoms with Crippen molar-refractivity contribution in [1.29, 1.82) is 0 Å². The molecule has 1 aliphatic heterocycles. The van der Waals surface area contributed by atoms with Crippen LogP contribution in [-0.4, -0.2) is 9.99 Å². The van der Waals surface area contributed by atoms with E-state index < -0.39 is 10.8 Å². The molecule has 0 spiro atoms. The van der Waals surface area contributed by atoms with Gasteiger partial charge in [-0.3, -0.25) is 4.79 Å². The highest BCUT2D eigenvalue weighted by atomic mass is 32.2. The van der Waals surface area contributed by atoms with Gasteiger partial charge in [0.25, 0.3) is 0 Å². The summed E-state index contributed by atoms with van der Waals surface area (Å²) >= 11 is 0. The van der Waals surface area contributed by atoms with E-state index in [2.05, 4.69) is 12.1 Å². The fourth-order valence-electron chi connectivity index (χ4n) is 2.93. The van der Waals surface area contributed by atoms with Gasteiger partial charge in [-0.2, -0.15) is 0 Å². The third kappa shape index (κ3) is 1.63. The molecule has 3 heteroatoms. The number of benzene rings is 2. The first-order valence-electron chi connectivity index (χ1n) is 6.60. The molecule has 1 heterocycles. The molecule has 0 fully saturated rings. The van der Waals surface area contributed by atoms with E-state index in [0.29, 0.717) is 11.3 Å². The fourth-order valence-corrected chi connectivity index (χ4v) is 4.40. The van der Waals surface area contributed by atoms with Gasteiger partial charge >= 0.3 is 0 Å². The molecule has 98 valence electrons. The van der Waals surface area contributed by atoms with Gasteiger partial charge in [-0.05, 0) is 34.1 Å². The summed E-state index contributed by atoms with van der Waals surface area (Å²) in [6.45, 7) is 0. The maximum absolute atomic E-state index is 12.7. The summed E-state index contributed by atoms with van der Waals surface area (Å²) in [6, 6.07) is 12.1. The number of ketones is 1. The van der Waals surface area contributed by atoms with E-state index in [1.54, 1.807) is 6.08 Å². The molecule has 1 aliphatic carbocycles. The molecule has 4 rings (SSSR count). The predicted octanol–water partition coefficient (Wildman–Crippen LogP) is 3.29. The summed E-state index contributed by atoms with van der Waals surface area (Å²) in [5.41, 5.74) is 2.19. The fraction of sp³-hybridized carbons (Fsp3) is 0.118. The van der Waals surface area contributed by atoms with Crippen molar-refractivity contribution in [2.45, 2.75) is 17.7 Å². The Kier molecular flexibility index (Phi) is 2.51. The quantitative estimate of drug-likeness (QED) is 0.742. The third-order valence-corrected chi connectivity index (χ3v) is 5.48. The van der Waals surface area contributed by atoms with Crippen LogP contribution in [-0.2, 0) is 22.0 Å². The zero-order valence-electron chi connectivity index (χ0n) is 10.8. The maximum Gasteiger partial charge on any atom is 0.160 e. The number of carbonyl (C=O) groups is 1. The summed E-state index contributed by atoms with van der Waals surface area (Å²) in [5, 5.41) is 2.33. The molecule has 0 saturated carbocycles. The highest BCUT2D eigenvalue weighted by Gasteiger charge is 2.28. The van der Waals surface area contributed by atoms with Crippen LogP contribution < -0.4 is 0 Å². The standard InChI is InChI=1S/C17H12O2S/c18-13-7-5-12-9-15-14-4-2-1-3-11(14)6-8-16(15)20(19)17(12)10-13/h1-6,8,10H,7,9H2. The highest BCUT2D eigenvalue weighted by Crippen LogP contribution is 2.38. The molecule has 0 N–H and O–H groups in total. The molecular weight excluding hydrogens is 268 g/mol. The number of fused-ring (bicyclic) bond motifs is 4. The van der Waals surface area contributed by atoms with Crippen LogP contribution in [0.2, 0.25) is 0 Å². The normalized spacial score (nSPS) is 21.0. The van der Waals surface area contributed by atoms with Crippen molar-refractivity contribution in [3.05, 3.63) is 64.6 Å². The molecule has 2 aliphatic rings. The van der Waals surface area contributed by atoms with Gasteiger partial charge < -0.3 is 0 Å². The van der Waals surface area contributed by atoms with E-state index in [4.69, 9.17) is 0 Å². The lowest BCUT2D eigenvalue weighted by atomic mass is 9.94. The molecule has 20 heavy (non-hydrogen) atoms. The number of hydrogen-bond donors (Lipinski definition) is 0. The van der Waals surface area contributed by atoms with Gasteiger partial charge in [-0.1, -0.05) is 36.4 Å². The van der Waals surface area contributed by atoms with Crippen molar-refractivity contribution in [2.24, 2.45) is 0 Å². The number of allylic oxidation sites excluding steroid dienone is 3. The first kappa shape index (κ1) is 11.8. The van der Waals surface area contributed by atoms with Crippen LogP contribution in [0.3, 0.4) is 0 Å². The van der Waals surface area contributed by atoms with Crippen LogP contribution in [0.1, 0.15) is 12.0 Å². The third-order valence-electron chi connectivity index (χ3n) is 3.92. The monoisotopic (exact) mass is 280 g/mol. The summed E-state index contributed by atoms with van der Waals surface area (Å²) in [7, 11) is -1.24. The molecule has 2 nitrogen and oxygen atoms in total. The van der Waals surface area contributed by atoms with Crippen LogP contribution in [0, 0.1) is 0 Å². The number of hydrogen-bond acceptors (Lipinski definition) is 2. The lowest BCUT2D eigenvalue weighted by Gasteiger charge is -2.24. The van der Waals surface area contributed by atoms with Crippen molar-refractivity contribution < 1.29 is 9.00 Å². The van der Waals surface area contributed by atoms with Crippen molar-refractivity contribution in [2.75, 3.05) is 0 Å². The second-order valence-corrected chi connectivity index (χ2v) is 6.53. The number of carbonyl (C=O) groups excluding carboxylic acids is 1. The second-order valence-electron chi connectivity index (χ2n) is 5.12. The van der Waals surface area contributed by atoms with Crippen LogP contribution in [0.25, 0.3) is 10.8 Å². The lowest BCUT2D eigenvalue weighted by molar-refractivity contribution is -0.113. The SMILES string of the molecule is O=C1C=C2C(=CC1)Cc1c(ccc3ccccc13)S2=O. The van der Waals surface area contributed by atoms with Crippen molar-refractivity contribution in [3.8, 4) is 0 Å². The molecule has 2 aromatic rings. The molecule has 1 unspecified atom stereocenters. The van der Waals surface area contributed by atoms with Gasteiger partial charge in [0.05, 0.1) is 15.7 Å². The van der Waals surface area contributed by atoms with E-state index in [1.807, 2.05) is 30.3 Å². The van der Waals surface area contributed by atoms with Crippen LogP contribution in [0.5, 0.6) is 0 Å². The van der Waals surface area contributed by atoms with Gasteiger partial charge in [0.15, 0.2) is 5.78 Å². The first-order valence-corrected chi connectivity index (χ1v) is 7.75. The molecule has 1 atom stereocenters. The lowest BCUT2D eigenvalue weighted by Crippen LogP contribution is -2.16. The second kappa shape index (κ2) is 4.25. The summed E-state index contributed by atoms with van der Waals surface area (Å²) in [4.78, 5) is 13.1. The average molecular weight is 280 g/mol. The smallest absolute Gasteiger partial charge is 0.160 e. The van der Waals surface area contributed by atoms with E-state index in [1.165, 1.54) is 5.39 Å². The Bertz CT molecular complexity index is 843. The molecular formula is C17H12O2S. The predicted molar refractivity (Wildman–Crippen MR) is 79.9 cm³/mol. The van der Waals surface area contributed by atoms with E-state index in [9.17, 15) is 9.00 Å². The molecule has 0 aromatic heterocycles. The molecule has 0 bridgehead atoms. The molecule has 0 radical (unpaired) electrons. The zero-order valence-corrected chi connectivity index (χ0v) is 11.6. The van der Waals surface area contributed by atoms with E-state index in [-0.39, 0.29) is 5.78 Å². The van der Waals surface area contributed by atoms with Crippen molar-refractivity contribution in [1.82, 2.24) is 0 Å². The Morgan fingerprint density at radius 2 is 1.90 bits per heavy atom. The Hall–Kier alpha value is -2.00. The Labute approximate surface area is 119 Å². The van der Waals surface area contributed by atoms with Crippen molar-refractivity contribution >= 4 is 27.4 Å². The summed E-state index contributed by atoms with van der Waals surface area (Å²) < 4.78 is 12.7. The van der Waals surface area contributed by atoms with Gasteiger partial charge in [-0.15, -0.1) is 0 Å². The van der Waals surface area contributed by atoms with Crippen molar-refractivity contribution in [3.63, 3.8) is 0 Å². The summed E-state index contributed by atoms with van der Waals surface area (Å²) in [5.74, 6) is 0.0429. The zero-order chi connectivity index (χ0) is 13.7. The topological polar surface area (TPSA) is 34.1 Å². The maximum atomic E-state index is 12.7. The van der Waals surface area contributed by atoms with Gasteiger partial charge in [0.2, 0.25) is 0 Å². The van der Waals surface area contributed by atoms with Gasteiger partial charge in [-0.25, -0.2) is 4.21 Å². The molecule has 0 amide bonds. The Morgan fingerprint density at radius 3 is 2.80 bits per heavy atom. The van der Waals surface area contributed by atoms with E-state index >= 15 is 0 Å². The van der Waals surface area contributed by atoms with Gasteiger partial charge in [0.1, 0.15) is 0 Å². The van der Waals surface area contributed by atoms with Crippen LogP contribution >= 0.6 is 0 Å². The minimum atomic E-state index is -1.24. The minimum absolute atomic E-state index is 0.0429. The largest absolute Gasteiger partial charge is 0.294 e. The van der Waals surface area contributed by atoms with E-state index in [0.717, 1.165) is 27.8 Å².